The zero-order valence-electron chi connectivity index (χ0n) is 38.6. The van der Waals surface area contributed by atoms with E-state index in [4.69, 9.17) is 25.4 Å². The minimum absolute atomic E-state index is 0.0772. The maximum atomic E-state index is 12.0. The Morgan fingerprint density at radius 2 is 1.06 bits per heavy atom. The SMILES string of the molecule is C=CC(=O)O.Nc1ccccc1NC(=O)/C=C/c1ccc(CNC(=O)OCc2cccnc2)cc1.O=C(NCc1ccc(Br)cc1)OCc1cccnc1.OCc1cccnc1.[NH3+]Cc1ccc(Br)cc1. The van der Waals surface area contributed by atoms with Gasteiger partial charge in [-0.3, -0.25) is 19.7 Å². The highest BCUT2D eigenvalue weighted by Crippen LogP contribution is 2.17. The molecule has 7 aromatic rings. The van der Waals surface area contributed by atoms with Crippen molar-refractivity contribution in [3.63, 3.8) is 0 Å². The predicted octanol–water partition coefficient (Wildman–Crippen LogP) is 9.03. The number of quaternary nitrogens is 1. The minimum atomic E-state index is -0.981. The van der Waals surface area contributed by atoms with Crippen LogP contribution in [0.2, 0.25) is 0 Å². The van der Waals surface area contributed by atoms with Crippen LogP contribution in [0.3, 0.4) is 0 Å². The van der Waals surface area contributed by atoms with Gasteiger partial charge in [0.1, 0.15) is 13.2 Å². The molecule has 0 saturated carbocycles. The fourth-order valence-corrected chi connectivity index (χ4v) is 5.69. The molecule has 3 aromatic heterocycles. The number of carboxylic acids is 1. The van der Waals surface area contributed by atoms with Gasteiger partial charge >= 0.3 is 18.2 Å². The summed E-state index contributed by atoms with van der Waals surface area (Å²) in [4.78, 5) is 56.3. The largest absolute Gasteiger partial charge is 0.478 e. The van der Waals surface area contributed by atoms with Gasteiger partial charge in [-0.15, -0.1) is 0 Å². The van der Waals surface area contributed by atoms with Crippen LogP contribution in [0.15, 0.2) is 198 Å². The lowest BCUT2D eigenvalue weighted by Crippen LogP contribution is -2.47. The average Bonchev–Trinajstić information content (AvgIpc) is 3.41. The lowest BCUT2D eigenvalue weighted by Gasteiger charge is -2.07. The molecule has 0 unspecified atom stereocenters. The number of ether oxygens (including phenoxy) is 2. The number of nitrogens with two attached hydrogens (primary N) is 1. The van der Waals surface area contributed by atoms with Gasteiger partial charge in [-0.25, -0.2) is 14.4 Å². The summed E-state index contributed by atoms with van der Waals surface area (Å²) in [5, 5.41) is 24.2. The number of pyridine rings is 3. The Balaban J connectivity index is 0.000000273. The van der Waals surface area contributed by atoms with Gasteiger partial charge in [0.2, 0.25) is 5.91 Å². The van der Waals surface area contributed by atoms with Crippen molar-refractivity contribution in [2.24, 2.45) is 0 Å². The van der Waals surface area contributed by atoms with Crippen molar-refractivity contribution < 1.29 is 44.6 Å². The first-order chi connectivity index (χ1) is 34.4. The number of amides is 3. The number of nitrogen functional groups attached to an aromatic ring is 1. The smallest absolute Gasteiger partial charge is 0.407 e. The van der Waals surface area contributed by atoms with E-state index >= 15 is 0 Å². The summed E-state index contributed by atoms with van der Waals surface area (Å²) in [5.41, 5.74) is 17.3. The number of hydrogen-bond acceptors (Lipinski definition) is 11. The van der Waals surface area contributed by atoms with Gasteiger partial charge in [-0.1, -0.05) is 117 Å². The molecule has 0 aliphatic heterocycles. The lowest BCUT2D eigenvalue weighted by molar-refractivity contribution is -0.386. The van der Waals surface area contributed by atoms with Crippen LogP contribution in [0.1, 0.15) is 38.9 Å². The van der Waals surface area contributed by atoms with Crippen LogP contribution in [0, 0.1) is 0 Å². The number of carbonyl (C=O) groups excluding carboxylic acids is 3. The van der Waals surface area contributed by atoms with Gasteiger partial charge in [0, 0.05) is 88.1 Å². The number of carbonyl (C=O) groups is 4. The van der Waals surface area contributed by atoms with E-state index in [1.807, 2.05) is 78.9 Å². The number of anilines is 2. The molecule has 3 amide bonds. The highest BCUT2D eigenvalue weighted by Gasteiger charge is 2.05. The van der Waals surface area contributed by atoms with E-state index in [0.29, 0.717) is 24.5 Å². The summed E-state index contributed by atoms with van der Waals surface area (Å²) in [6, 6.07) is 41.4. The molecule has 4 aromatic carbocycles. The fraction of sp³-hybridized carbons (Fsp3) is 0.113. The van der Waals surface area contributed by atoms with Crippen molar-refractivity contribution in [1.82, 2.24) is 25.6 Å². The summed E-state index contributed by atoms with van der Waals surface area (Å²) in [6.45, 7) is 5.08. The number of hydrogen-bond donors (Lipinski definition) is 7. The van der Waals surface area contributed by atoms with Crippen LogP contribution in [-0.4, -0.2) is 49.2 Å². The number of benzene rings is 4. The number of para-hydroxylation sites is 2. The van der Waals surface area contributed by atoms with Crippen molar-refractivity contribution in [2.75, 3.05) is 11.1 Å². The van der Waals surface area contributed by atoms with Crippen molar-refractivity contribution in [3.05, 3.63) is 237 Å². The van der Waals surface area contributed by atoms with Crippen LogP contribution in [0.25, 0.3) is 6.08 Å². The molecule has 3 heterocycles. The van der Waals surface area contributed by atoms with Crippen molar-refractivity contribution in [2.45, 2.75) is 39.5 Å². The maximum absolute atomic E-state index is 12.0. The Bertz CT molecular complexity index is 2670. The highest BCUT2D eigenvalue weighted by atomic mass is 79.9. The van der Waals surface area contributed by atoms with E-state index in [2.05, 4.69) is 87.2 Å². The summed E-state index contributed by atoms with van der Waals surface area (Å²) >= 11 is 6.71. The molecule has 0 spiro atoms. The van der Waals surface area contributed by atoms with Crippen LogP contribution >= 0.6 is 31.9 Å². The molecule has 18 heteroatoms. The first-order valence-corrected chi connectivity index (χ1v) is 23.1. The number of carboxylic acid groups (broad SMARTS) is 1. The molecule has 0 bridgehead atoms. The molecule has 10 N–H and O–H groups in total. The predicted molar refractivity (Wildman–Crippen MR) is 280 cm³/mol. The molecule has 0 radical (unpaired) electrons. The van der Waals surface area contributed by atoms with Gasteiger partial charge in [0.25, 0.3) is 0 Å². The molecule has 368 valence electrons. The lowest BCUT2D eigenvalue weighted by atomic mass is 10.1. The van der Waals surface area contributed by atoms with Gasteiger partial charge in [-0.05, 0) is 82.9 Å². The normalized spacial score (nSPS) is 9.80. The second kappa shape index (κ2) is 34.3. The standard InChI is InChI=1S/C23H22N4O3.C14H13BrN2O2.C7H8BrN.C6H7NO.C3H4O2/c24-20-5-1-2-6-21(20)27-22(28)12-11-17-7-9-18(10-8-17)15-26-23(29)30-16-19-4-3-13-25-14-19;15-13-5-3-11(4-6-13)9-17-14(18)19-10-12-2-1-7-16-8-12;8-7-3-1-6(5-9)2-4-7;8-5-6-2-1-3-7-4-6;1-2-3(4)5/h1-14H,15-16,24H2,(H,26,29)(H,27,28);1-8H,9-10H2,(H,17,18);1-4H,5,9H2;1-4,8H,5H2;2H,1H2,(H,4,5)/p+1/b12-11+;;;;. The first kappa shape index (κ1) is 57.3. The number of aliphatic hydroxyl groups is 1. The number of aliphatic carboxylic acids is 1. The molecule has 0 aliphatic carbocycles. The van der Waals surface area contributed by atoms with Crippen LogP contribution in [-0.2, 0) is 58.5 Å². The number of nitrogens with one attached hydrogen (secondary N) is 3. The first-order valence-electron chi connectivity index (χ1n) is 21.5. The highest BCUT2D eigenvalue weighted by molar-refractivity contribution is 9.10. The molecular weight excluding hydrogens is 1040 g/mol. The van der Waals surface area contributed by atoms with E-state index in [1.165, 1.54) is 11.6 Å². The number of rotatable bonds is 14. The Morgan fingerprint density at radius 1 is 0.620 bits per heavy atom. The number of aliphatic hydroxyl groups excluding tert-OH is 1. The summed E-state index contributed by atoms with van der Waals surface area (Å²) in [5.74, 6) is -1.25. The molecule has 71 heavy (non-hydrogen) atoms. The molecular formula is C53H55Br2N8O8+. The van der Waals surface area contributed by atoms with E-state index in [1.54, 1.807) is 85.7 Å². The summed E-state index contributed by atoms with van der Waals surface area (Å²) in [6.07, 6.45) is 13.0. The average molecular weight is 1090 g/mol. The number of alkyl carbamates (subject to hydrolysis) is 2. The van der Waals surface area contributed by atoms with Crippen molar-refractivity contribution in [1.29, 1.82) is 0 Å². The molecule has 7 rings (SSSR count). The van der Waals surface area contributed by atoms with Crippen LogP contribution < -0.4 is 27.4 Å². The summed E-state index contributed by atoms with van der Waals surface area (Å²) < 4.78 is 12.3. The third kappa shape index (κ3) is 26.3. The fourth-order valence-electron chi connectivity index (χ4n) is 5.16. The van der Waals surface area contributed by atoms with E-state index in [-0.39, 0.29) is 25.7 Å². The Morgan fingerprint density at radius 3 is 1.45 bits per heavy atom. The van der Waals surface area contributed by atoms with Gasteiger partial charge < -0.3 is 47.1 Å². The van der Waals surface area contributed by atoms with E-state index < -0.39 is 18.2 Å². The number of aromatic nitrogens is 3. The Labute approximate surface area is 429 Å². The van der Waals surface area contributed by atoms with Gasteiger partial charge in [0.05, 0.1) is 24.5 Å². The van der Waals surface area contributed by atoms with Gasteiger partial charge in [0.15, 0.2) is 0 Å². The third-order valence-corrected chi connectivity index (χ3v) is 9.94. The second-order valence-corrected chi connectivity index (χ2v) is 16.1. The summed E-state index contributed by atoms with van der Waals surface area (Å²) in [7, 11) is 0. The van der Waals surface area contributed by atoms with Crippen molar-refractivity contribution in [3.8, 4) is 0 Å². The molecule has 0 saturated heterocycles. The molecule has 0 fully saturated rings. The monoisotopic (exact) mass is 1090 g/mol. The van der Waals surface area contributed by atoms with Crippen LogP contribution in [0.4, 0.5) is 21.0 Å². The quantitative estimate of drug-likeness (QED) is 0.0398. The van der Waals surface area contributed by atoms with Crippen molar-refractivity contribution >= 4 is 73.4 Å². The zero-order chi connectivity index (χ0) is 51.5. The molecule has 16 nitrogen and oxygen atoms in total. The minimum Gasteiger partial charge on any atom is -0.478 e. The van der Waals surface area contributed by atoms with Gasteiger partial charge in [-0.2, -0.15) is 0 Å². The Hall–Kier alpha value is -8.03. The number of halogens is 2. The maximum Gasteiger partial charge on any atom is 0.407 e. The Kier molecular flexibility index (Phi) is 27.7. The van der Waals surface area contributed by atoms with E-state index in [0.717, 1.165) is 54.9 Å². The zero-order valence-corrected chi connectivity index (χ0v) is 41.7. The second-order valence-electron chi connectivity index (χ2n) is 14.3. The van der Waals surface area contributed by atoms with E-state index in [9.17, 15) is 19.2 Å². The third-order valence-electron chi connectivity index (χ3n) is 8.88. The molecule has 0 atom stereocenters. The number of nitrogens with zero attached hydrogens (tertiary/aromatic N) is 3. The topological polar surface area (TPSA) is 256 Å². The van der Waals surface area contributed by atoms with Crippen LogP contribution in [0.5, 0.6) is 0 Å². The molecule has 0 aliphatic rings.